The number of nitro benzene ring substituents is 1. The maximum Gasteiger partial charge on any atom is 0.416 e. The molecule has 1 heterocycles. The van der Waals surface area contributed by atoms with Crippen molar-refractivity contribution in [2.45, 2.75) is 13.1 Å². The molecule has 0 aliphatic heterocycles. The number of ether oxygens (including phenoxy) is 2. The van der Waals surface area contributed by atoms with Gasteiger partial charge in [-0.25, -0.2) is 9.37 Å². The lowest BCUT2D eigenvalue weighted by Gasteiger charge is -2.14. The molecule has 1 amide bonds. The molecule has 240 valence electrons. The molecule has 11 nitrogen and oxygen atoms in total. The number of alkyl halides is 3. The predicted octanol–water partition coefficient (Wildman–Crippen LogP) is 6.43. The maximum atomic E-state index is 13.9. The van der Waals surface area contributed by atoms with Gasteiger partial charge >= 0.3 is 11.9 Å². The van der Waals surface area contributed by atoms with Crippen LogP contribution in [-0.2, 0) is 11.0 Å². The van der Waals surface area contributed by atoms with E-state index in [0.717, 1.165) is 35.2 Å². The molecule has 1 aromatic heterocycles. The number of benzene rings is 4. The Bertz CT molecular complexity index is 2080. The normalized spacial score (nSPS) is 11.5. The summed E-state index contributed by atoms with van der Waals surface area (Å²) < 4.78 is 66.2. The zero-order valence-corrected chi connectivity index (χ0v) is 24.3. The SMILES string of the molecule is CCOc1cc(C=Nn2c(-c3cccc(C(F)(F)F)c3)nc3ccccc3c2=O)cc([N+](=O)[O-])c1OCC(=O)Nc1ccccc1F. The molecule has 0 aliphatic rings. The molecule has 5 rings (SSSR count). The zero-order chi connectivity index (χ0) is 33.7. The quantitative estimate of drug-likeness (QED) is 0.0797. The highest BCUT2D eigenvalue weighted by atomic mass is 19.4. The number of rotatable bonds is 10. The molecule has 0 unspecified atom stereocenters. The Morgan fingerprint density at radius 2 is 1.79 bits per heavy atom. The van der Waals surface area contributed by atoms with Crippen LogP contribution in [0.4, 0.5) is 28.9 Å². The Morgan fingerprint density at radius 3 is 2.51 bits per heavy atom. The van der Waals surface area contributed by atoms with Crippen LogP contribution in [0.5, 0.6) is 11.5 Å². The smallest absolute Gasteiger partial charge is 0.416 e. The summed E-state index contributed by atoms with van der Waals surface area (Å²) in [5, 5.41) is 18.7. The fraction of sp³-hybridized carbons (Fsp3) is 0.125. The van der Waals surface area contributed by atoms with Crippen LogP contribution in [0.15, 0.2) is 94.8 Å². The van der Waals surface area contributed by atoms with Crippen LogP contribution in [0, 0.1) is 15.9 Å². The van der Waals surface area contributed by atoms with Crippen molar-refractivity contribution in [1.82, 2.24) is 9.66 Å². The van der Waals surface area contributed by atoms with E-state index in [-0.39, 0.29) is 45.9 Å². The van der Waals surface area contributed by atoms with Crippen LogP contribution < -0.4 is 20.3 Å². The largest absolute Gasteiger partial charge is 0.490 e. The van der Waals surface area contributed by atoms with E-state index in [1.807, 2.05) is 0 Å². The summed E-state index contributed by atoms with van der Waals surface area (Å²) in [5.74, 6) is -2.25. The number of nitrogens with zero attached hydrogens (tertiary/aromatic N) is 4. The molecule has 0 atom stereocenters. The lowest BCUT2D eigenvalue weighted by molar-refractivity contribution is -0.385. The molecular weight excluding hydrogens is 626 g/mol. The predicted molar refractivity (Wildman–Crippen MR) is 164 cm³/mol. The third-order valence-corrected chi connectivity index (χ3v) is 6.57. The van der Waals surface area contributed by atoms with Crippen LogP contribution >= 0.6 is 0 Å². The molecule has 1 N–H and O–H groups in total. The fourth-order valence-electron chi connectivity index (χ4n) is 4.49. The van der Waals surface area contributed by atoms with E-state index < -0.39 is 52.0 Å². The highest BCUT2D eigenvalue weighted by molar-refractivity contribution is 5.92. The number of hydrogen-bond donors (Lipinski definition) is 1. The van der Waals surface area contributed by atoms with Gasteiger partial charge in [0.25, 0.3) is 11.5 Å². The molecule has 0 saturated carbocycles. The summed E-state index contributed by atoms with van der Waals surface area (Å²) in [4.78, 5) is 41.6. The van der Waals surface area contributed by atoms with Crippen molar-refractivity contribution in [2.75, 3.05) is 18.5 Å². The number of fused-ring (bicyclic) bond motifs is 1. The van der Waals surface area contributed by atoms with E-state index in [1.54, 1.807) is 19.1 Å². The Balaban J connectivity index is 1.54. The molecule has 5 aromatic rings. The first-order valence-corrected chi connectivity index (χ1v) is 13.8. The number of anilines is 1. The van der Waals surface area contributed by atoms with Gasteiger partial charge in [0, 0.05) is 17.2 Å². The summed E-state index contributed by atoms with van der Waals surface area (Å²) in [5.41, 5.74) is -2.22. The second-order valence-corrected chi connectivity index (χ2v) is 9.77. The van der Waals surface area contributed by atoms with Crippen molar-refractivity contribution < 1.29 is 36.8 Å². The van der Waals surface area contributed by atoms with E-state index in [0.29, 0.717) is 0 Å². The molecule has 4 aromatic carbocycles. The Labute approximate surface area is 262 Å². The van der Waals surface area contributed by atoms with Gasteiger partial charge in [0.1, 0.15) is 5.82 Å². The van der Waals surface area contributed by atoms with Crippen molar-refractivity contribution >= 4 is 34.4 Å². The molecule has 0 saturated heterocycles. The number of halogens is 4. The van der Waals surface area contributed by atoms with Crippen LogP contribution in [0.2, 0.25) is 0 Å². The van der Waals surface area contributed by atoms with Crippen molar-refractivity contribution in [3.8, 4) is 22.9 Å². The summed E-state index contributed by atoms with van der Waals surface area (Å²) in [6, 6.07) is 18.1. The third-order valence-electron chi connectivity index (χ3n) is 6.57. The monoisotopic (exact) mass is 649 g/mol. The number of carbonyl (C=O) groups is 1. The second-order valence-electron chi connectivity index (χ2n) is 9.77. The van der Waals surface area contributed by atoms with Gasteiger partial charge in [0.15, 0.2) is 18.2 Å². The summed E-state index contributed by atoms with van der Waals surface area (Å²) in [6.07, 6.45) is -3.60. The number of amides is 1. The van der Waals surface area contributed by atoms with Crippen molar-refractivity contribution in [3.63, 3.8) is 0 Å². The lowest BCUT2D eigenvalue weighted by atomic mass is 10.1. The minimum atomic E-state index is -4.67. The maximum absolute atomic E-state index is 13.9. The molecule has 0 radical (unpaired) electrons. The third kappa shape index (κ3) is 7.24. The standard InChI is InChI=1S/C32H23F4N5O6/c1-2-46-27-15-19(14-26(41(44)45)29(27)47-18-28(42)38-25-13-6-4-11-23(25)33)17-37-40-30(20-8-7-9-21(16-20)32(34,35)36)39-24-12-5-3-10-22(24)31(40)43/h3-17H,2,18H2,1H3,(H,38,42). The van der Waals surface area contributed by atoms with Gasteiger partial charge in [-0.05, 0) is 49.4 Å². The van der Waals surface area contributed by atoms with Gasteiger partial charge < -0.3 is 14.8 Å². The Morgan fingerprint density at radius 1 is 1.04 bits per heavy atom. The van der Waals surface area contributed by atoms with Gasteiger partial charge in [-0.1, -0.05) is 36.4 Å². The van der Waals surface area contributed by atoms with E-state index in [4.69, 9.17) is 9.47 Å². The molecule has 0 bridgehead atoms. The molecule has 15 heteroatoms. The highest BCUT2D eigenvalue weighted by Crippen LogP contribution is 2.38. The number of aromatic nitrogens is 2. The van der Waals surface area contributed by atoms with Crippen molar-refractivity contribution in [1.29, 1.82) is 0 Å². The number of nitro groups is 1. The summed E-state index contributed by atoms with van der Waals surface area (Å²) in [7, 11) is 0. The number of nitrogens with one attached hydrogen (secondary N) is 1. The summed E-state index contributed by atoms with van der Waals surface area (Å²) >= 11 is 0. The van der Waals surface area contributed by atoms with Crippen molar-refractivity contribution in [3.05, 3.63) is 122 Å². The summed E-state index contributed by atoms with van der Waals surface area (Å²) in [6.45, 7) is 0.896. The highest BCUT2D eigenvalue weighted by Gasteiger charge is 2.31. The van der Waals surface area contributed by atoms with Gasteiger partial charge in [-0.15, -0.1) is 0 Å². The Kier molecular flexibility index (Phi) is 9.26. The first-order valence-electron chi connectivity index (χ1n) is 13.8. The second kappa shape index (κ2) is 13.5. The molecule has 0 spiro atoms. The molecule has 0 fully saturated rings. The van der Waals surface area contributed by atoms with Crippen LogP contribution in [0.3, 0.4) is 0 Å². The van der Waals surface area contributed by atoms with E-state index in [2.05, 4.69) is 15.4 Å². The van der Waals surface area contributed by atoms with Gasteiger partial charge in [-0.2, -0.15) is 22.9 Å². The first kappa shape index (κ1) is 32.3. The topological polar surface area (TPSA) is 138 Å². The first-order chi connectivity index (χ1) is 22.5. The van der Waals surface area contributed by atoms with Crippen LogP contribution in [-0.4, -0.2) is 39.9 Å². The number of hydrogen-bond acceptors (Lipinski definition) is 8. The lowest BCUT2D eigenvalue weighted by Crippen LogP contribution is -2.21. The zero-order valence-electron chi connectivity index (χ0n) is 24.3. The molecular formula is C32H23F4N5O6. The molecule has 47 heavy (non-hydrogen) atoms. The van der Waals surface area contributed by atoms with E-state index in [1.165, 1.54) is 48.5 Å². The van der Waals surface area contributed by atoms with Gasteiger partial charge in [-0.3, -0.25) is 19.7 Å². The average Bonchev–Trinajstić information content (AvgIpc) is 3.04. The van der Waals surface area contributed by atoms with Crippen LogP contribution in [0.1, 0.15) is 18.1 Å². The van der Waals surface area contributed by atoms with Gasteiger partial charge in [0.2, 0.25) is 5.75 Å². The minimum absolute atomic E-state index is 0.0310. The van der Waals surface area contributed by atoms with E-state index in [9.17, 15) is 37.3 Å². The average molecular weight is 650 g/mol. The molecule has 0 aliphatic carbocycles. The minimum Gasteiger partial charge on any atom is -0.490 e. The van der Waals surface area contributed by atoms with Crippen LogP contribution in [0.25, 0.3) is 22.3 Å². The Hall–Kier alpha value is -6.12. The number of para-hydroxylation sites is 2. The number of carbonyl (C=O) groups excluding carboxylic acids is 1. The van der Waals surface area contributed by atoms with Crippen molar-refractivity contribution in [2.24, 2.45) is 5.10 Å². The fourth-order valence-corrected chi connectivity index (χ4v) is 4.49. The van der Waals surface area contributed by atoms with E-state index >= 15 is 0 Å². The van der Waals surface area contributed by atoms with Gasteiger partial charge in [0.05, 0.1) is 39.9 Å².